The van der Waals surface area contributed by atoms with Gasteiger partial charge in [0.1, 0.15) is 5.69 Å². The number of benzene rings is 1. The zero-order valence-corrected chi connectivity index (χ0v) is 13.6. The third-order valence-electron chi connectivity index (χ3n) is 3.38. The van der Waals surface area contributed by atoms with E-state index < -0.39 is 17.5 Å². The Bertz CT molecular complexity index is 1010. The molecular formula is C14H12F2N8O2. The summed E-state index contributed by atoms with van der Waals surface area (Å²) in [5.41, 5.74) is 9.00. The van der Waals surface area contributed by atoms with E-state index in [1.165, 1.54) is 4.68 Å². The van der Waals surface area contributed by atoms with E-state index in [9.17, 15) is 13.6 Å². The van der Waals surface area contributed by atoms with Gasteiger partial charge in [-0.3, -0.25) is 4.79 Å². The van der Waals surface area contributed by atoms with E-state index in [1.54, 1.807) is 13.8 Å². The van der Waals surface area contributed by atoms with Crippen LogP contribution < -0.4 is 11.2 Å². The summed E-state index contributed by atoms with van der Waals surface area (Å²) in [5.74, 6) is -2.80. The molecular weight excluding hydrogens is 350 g/mol. The third-order valence-corrected chi connectivity index (χ3v) is 3.38. The number of aryl methyl sites for hydroxylation is 1. The molecule has 0 saturated carbocycles. The lowest BCUT2D eigenvalue weighted by Gasteiger charge is -2.05. The van der Waals surface area contributed by atoms with Crippen LogP contribution in [-0.4, -0.2) is 36.9 Å². The lowest BCUT2D eigenvalue weighted by atomic mass is 10.2. The van der Waals surface area contributed by atoms with Gasteiger partial charge >= 0.3 is 0 Å². The van der Waals surface area contributed by atoms with Gasteiger partial charge in [-0.25, -0.2) is 18.8 Å². The fourth-order valence-corrected chi connectivity index (χ4v) is 2.15. The highest BCUT2D eigenvalue weighted by Crippen LogP contribution is 2.16. The van der Waals surface area contributed by atoms with Crippen molar-refractivity contribution in [2.75, 3.05) is 5.73 Å². The standard InChI is InChI=1S/C14H12F2N8O2/c1-6(18-20-14(25)8-3-4-9(15)10(16)5-8)11-7(2)19-23-24(11)13-12(17)21-26-22-13/h3-5H,1-2H3,(H2,17,21)(H,20,25)/b18-6+. The molecule has 0 bridgehead atoms. The van der Waals surface area contributed by atoms with Gasteiger partial charge in [-0.15, -0.1) is 5.10 Å². The highest BCUT2D eigenvalue weighted by Gasteiger charge is 2.20. The van der Waals surface area contributed by atoms with Crippen molar-refractivity contribution in [3.8, 4) is 5.82 Å². The molecule has 0 atom stereocenters. The van der Waals surface area contributed by atoms with Crippen LogP contribution in [0, 0.1) is 18.6 Å². The number of nitrogens with zero attached hydrogens (tertiary/aromatic N) is 6. The molecule has 0 saturated heterocycles. The van der Waals surface area contributed by atoms with Gasteiger partial charge in [-0.05, 0) is 42.4 Å². The Morgan fingerprint density at radius 3 is 2.73 bits per heavy atom. The summed E-state index contributed by atoms with van der Waals surface area (Å²) in [7, 11) is 0. The Kier molecular flexibility index (Phi) is 4.39. The minimum absolute atomic E-state index is 0.00484. The summed E-state index contributed by atoms with van der Waals surface area (Å²) in [5, 5.41) is 18.8. The quantitative estimate of drug-likeness (QED) is 0.521. The van der Waals surface area contributed by atoms with Crippen LogP contribution in [0.15, 0.2) is 27.9 Å². The molecule has 1 aromatic carbocycles. The van der Waals surface area contributed by atoms with Crippen LogP contribution >= 0.6 is 0 Å². The monoisotopic (exact) mass is 362 g/mol. The van der Waals surface area contributed by atoms with Crippen molar-refractivity contribution in [1.29, 1.82) is 0 Å². The smallest absolute Gasteiger partial charge is 0.271 e. The maximum Gasteiger partial charge on any atom is 0.271 e. The van der Waals surface area contributed by atoms with Gasteiger partial charge in [0.05, 0.1) is 11.4 Å². The predicted octanol–water partition coefficient (Wildman–Crippen LogP) is 0.973. The van der Waals surface area contributed by atoms with E-state index in [0.29, 0.717) is 17.1 Å². The summed E-state index contributed by atoms with van der Waals surface area (Å²) >= 11 is 0. The zero-order chi connectivity index (χ0) is 18.8. The summed E-state index contributed by atoms with van der Waals surface area (Å²) in [4.78, 5) is 12.0. The number of hydrogen-bond acceptors (Lipinski definition) is 8. The van der Waals surface area contributed by atoms with Crippen molar-refractivity contribution in [3.05, 3.63) is 46.8 Å². The summed E-state index contributed by atoms with van der Waals surface area (Å²) < 4.78 is 31.9. The second-order valence-corrected chi connectivity index (χ2v) is 5.18. The van der Waals surface area contributed by atoms with Gasteiger partial charge in [-0.1, -0.05) is 5.21 Å². The Morgan fingerprint density at radius 2 is 2.08 bits per heavy atom. The number of aromatic nitrogens is 5. The molecule has 0 spiro atoms. The molecule has 0 radical (unpaired) electrons. The second-order valence-electron chi connectivity index (χ2n) is 5.18. The topological polar surface area (TPSA) is 137 Å². The summed E-state index contributed by atoms with van der Waals surface area (Å²) in [6, 6.07) is 2.76. The van der Waals surface area contributed by atoms with Crippen LogP contribution in [0.4, 0.5) is 14.6 Å². The first kappa shape index (κ1) is 17.1. The lowest BCUT2D eigenvalue weighted by molar-refractivity contribution is 0.0954. The number of carbonyl (C=O) groups is 1. The molecule has 0 aliphatic rings. The van der Waals surface area contributed by atoms with Crippen LogP contribution in [0.5, 0.6) is 0 Å². The molecule has 1 amide bonds. The molecule has 2 aromatic heterocycles. The van der Waals surface area contributed by atoms with E-state index in [1.807, 2.05) is 0 Å². The van der Waals surface area contributed by atoms with Gasteiger partial charge in [0.25, 0.3) is 5.91 Å². The number of rotatable bonds is 4. The molecule has 10 nitrogen and oxygen atoms in total. The van der Waals surface area contributed by atoms with Crippen molar-refractivity contribution in [2.45, 2.75) is 13.8 Å². The molecule has 3 N–H and O–H groups in total. The minimum atomic E-state index is -1.13. The largest absolute Gasteiger partial charge is 0.378 e. The Morgan fingerprint density at radius 1 is 1.31 bits per heavy atom. The van der Waals surface area contributed by atoms with E-state index >= 15 is 0 Å². The number of nitrogens with one attached hydrogen (secondary N) is 1. The first-order valence-electron chi connectivity index (χ1n) is 7.19. The number of nitrogens with two attached hydrogens (primary N) is 1. The first-order valence-corrected chi connectivity index (χ1v) is 7.19. The molecule has 2 heterocycles. The molecule has 3 aromatic rings. The molecule has 134 valence electrons. The summed E-state index contributed by atoms with van der Waals surface area (Å²) in [6.07, 6.45) is 0. The van der Waals surface area contributed by atoms with Crippen LogP contribution in [0.2, 0.25) is 0 Å². The number of hydrogen-bond donors (Lipinski definition) is 2. The van der Waals surface area contributed by atoms with Gasteiger partial charge < -0.3 is 5.73 Å². The third kappa shape index (κ3) is 3.11. The Labute approximate surface area is 144 Å². The van der Waals surface area contributed by atoms with E-state index in [2.05, 4.69) is 35.8 Å². The molecule has 0 fully saturated rings. The minimum Gasteiger partial charge on any atom is -0.378 e. The number of halogens is 2. The van der Waals surface area contributed by atoms with Crippen LogP contribution in [0.25, 0.3) is 5.82 Å². The SMILES string of the molecule is C/C(=N\NC(=O)c1ccc(F)c(F)c1)c1c(C)nnn1-c1nonc1N. The Hall–Kier alpha value is -3.70. The highest BCUT2D eigenvalue weighted by molar-refractivity contribution is 6.00. The Balaban J connectivity index is 1.87. The molecule has 0 aliphatic carbocycles. The molecule has 26 heavy (non-hydrogen) atoms. The van der Waals surface area contributed by atoms with Crippen molar-refractivity contribution in [2.24, 2.45) is 5.10 Å². The van der Waals surface area contributed by atoms with Crippen molar-refractivity contribution in [3.63, 3.8) is 0 Å². The van der Waals surface area contributed by atoms with Crippen LogP contribution in [-0.2, 0) is 0 Å². The molecule has 12 heteroatoms. The number of anilines is 1. The van der Waals surface area contributed by atoms with E-state index in [0.717, 1.165) is 18.2 Å². The average Bonchev–Trinajstić information content (AvgIpc) is 3.20. The molecule has 0 aliphatic heterocycles. The van der Waals surface area contributed by atoms with Gasteiger partial charge in [-0.2, -0.15) is 9.78 Å². The highest BCUT2D eigenvalue weighted by atomic mass is 19.2. The number of amides is 1. The van der Waals surface area contributed by atoms with Crippen molar-refractivity contribution < 1.29 is 18.2 Å². The van der Waals surface area contributed by atoms with Crippen LogP contribution in [0.3, 0.4) is 0 Å². The predicted molar refractivity (Wildman–Crippen MR) is 84.4 cm³/mol. The van der Waals surface area contributed by atoms with E-state index in [4.69, 9.17) is 5.73 Å². The zero-order valence-electron chi connectivity index (χ0n) is 13.6. The van der Waals surface area contributed by atoms with Crippen molar-refractivity contribution >= 4 is 17.4 Å². The normalized spacial score (nSPS) is 11.6. The van der Waals surface area contributed by atoms with Crippen molar-refractivity contribution in [1.82, 2.24) is 30.7 Å². The van der Waals surface area contributed by atoms with E-state index in [-0.39, 0.29) is 17.2 Å². The first-order chi connectivity index (χ1) is 12.4. The van der Waals surface area contributed by atoms with Gasteiger partial charge in [0.15, 0.2) is 11.6 Å². The van der Waals surface area contributed by atoms with Gasteiger partial charge in [0.2, 0.25) is 11.6 Å². The summed E-state index contributed by atoms with van der Waals surface area (Å²) in [6.45, 7) is 3.25. The maximum absolute atomic E-state index is 13.2. The lowest BCUT2D eigenvalue weighted by Crippen LogP contribution is -2.21. The number of carbonyl (C=O) groups excluding carboxylic acids is 1. The fraction of sp³-hybridized carbons (Fsp3) is 0.143. The van der Waals surface area contributed by atoms with Gasteiger partial charge in [0, 0.05) is 5.56 Å². The molecule has 0 unspecified atom stereocenters. The average molecular weight is 362 g/mol. The molecule has 3 rings (SSSR count). The maximum atomic E-state index is 13.2. The number of nitrogen functional groups attached to an aromatic ring is 1. The fourth-order valence-electron chi connectivity index (χ4n) is 2.15. The second kappa shape index (κ2) is 6.66. The number of hydrazone groups is 1. The van der Waals surface area contributed by atoms with Crippen LogP contribution in [0.1, 0.15) is 28.7 Å².